The smallest absolute Gasteiger partial charge is 0.207 e. The molecule has 3 aromatic rings. The lowest BCUT2D eigenvalue weighted by Crippen LogP contribution is -2.19. The van der Waals surface area contributed by atoms with E-state index in [2.05, 4.69) is 20.6 Å². The zero-order valence-corrected chi connectivity index (χ0v) is 13.6. The summed E-state index contributed by atoms with van der Waals surface area (Å²) in [6.45, 7) is 0.251. The van der Waals surface area contributed by atoms with Crippen molar-refractivity contribution in [3.8, 4) is 0 Å². The quantitative estimate of drug-likeness (QED) is 0.689. The molecule has 1 aromatic carbocycles. The number of halogens is 2. The molecule has 27 heavy (non-hydrogen) atoms. The molecule has 0 bridgehead atoms. The van der Waals surface area contributed by atoms with Crippen LogP contribution < -0.4 is 5.32 Å². The Morgan fingerprint density at radius 1 is 1.33 bits per heavy atom. The van der Waals surface area contributed by atoms with E-state index in [1.807, 2.05) is 0 Å². The number of rotatable bonds is 5. The van der Waals surface area contributed by atoms with Gasteiger partial charge in [0.2, 0.25) is 11.4 Å². The Morgan fingerprint density at radius 2 is 2.07 bits per heavy atom. The number of hydrogen-bond acceptors (Lipinski definition) is 8. The van der Waals surface area contributed by atoms with Crippen LogP contribution in [0, 0.1) is 11.6 Å². The van der Waals surface area contributed by atoms with Crippen LogP contribution in [0.25, 0.3) is 11.0 Å². The van der Waals surface area contributed by atoms with Crippen molar-refractivity contribution < 1.29 is 27.9 Å². The number of anilines is 1. The SMILES string of the molecule is C.Cn1ncnc1[C@H](CO)Nc1noc2c(F)c(F)c(C3OCCO3)cc12. The van der Waals surface area contributed by atoms with Crippen LogP contribution in [0.1, 0.15) is 31.1 Å². The number of aliphatic hydroxyl groups excluding tert-OH is 1. The molecular formula is C16H19F2N5O4. The van der Waals surface area contributed by atoms with E-state index >= 15 is 0 Å². The van der Waals surface area contributed by atoms with Crippen molar-refractivity contribution in [2.75, 3.05) is 25.1 Å². The molecule has 2 aromatic heterocycles. The number of aryl methyl sites for hydroxylation is 1. The number of ether oxygens (including phenoxy) is 2. The van der Waals surface area contributed by atoms with Gasteiger partial charge in [-0.3, -0.25) is 4.68 Å². The van der Waals surface area contributed by atoms with Gasteiger partial charge in [0.15, 0.2) is 23.7 Å². The normalized spacial score (nSPS) is 15.9. The summed E-state index contributed by atoms with van der Waals surface area (Å²) in [7, 11) is 1.66. The highest BCUT2D eigenvalue weighted by molar-refractivity contribution is 5.89. The Labute approximate surface area is 152 Å². The fourth-order valence-corrected chi connectivity index (χ4v) is 2.83. The summed E-state index contributed by atoms with van der Waals surface area (Å²) < 4.78 is 45.6. The lowest BCUT2D eigenvalue weighted by molar-refractivity contribution is -0.0467. The molecule has 0 unspecified atom stereocenters. The van der Waals surface area contributed by atoms with E-state index in [4.69, 9.17) is 14.0 Å². The molecule has 2 N–H and O–H groups in total. The Balaban J connectivity index is 0.00000210. The van der Waals surface area contributed by atoms with Crippen LogP contribution in [0.3, 0.4) is 0 Å². The number of benzene rings is 1. The standard InChI is InChI=1S/C15H15F2N5O4.CH4/c1-22-14(18-6-19-22)9(5-23)20-13-8-4-7(15-24-2-3-25-15)10(16)11(17)12(8)26-21-13;/h4,6,9,15,23H,2-3,5H2,1H3,(H,20,21);1H4/t9-;/m0./s1. The Morgan fingerprint density at radius 3 is 2.70 bits per heavy atom. The maximum Gasteiger partial charge on any atom is 0.207 e. The molecule has 0 saturated carbocycles. The van der Waals surface area contributed by atoms with Gasteiger partial charge in [-0.25, -0.2) is 9.37 Å². The van der Waals surface area contributed by atoms with E-state index in [1.165, 1.54) is 17.1 Å². The van der Waals surface area contributed by atoms with Gasteiger partial charge in [0.25, 0.3) is 0 Å². The van der Waals surface area contributed by atoms with Gasteiger partial charge in [0.1, 0.15) is 12.4 Å². The monoisotopic (exact) mass is 383 g/mol. The van der Waals surface area contributed by atoms with Crippen molar-refractivity contribution in [1.82, 2.24) is 19.9 Å². The maximum absolute atomic E-state index is 14.4. The first-order chi connectivity index (χ1) is 12.6. The van der Waals surface area contributed by atoms with E-state index < -0.39 is 24.0 Å². The first-order valence-electron chi connectivity index (χ1n) is 7.82. The molecule has 4 rings (SSSR count). The number of nitrogens with zero attached hydrogens (tertiary/aromatic N) is 4. The number of fused-ring (bicyclic) bond motifs is 1. The third-order valence-corrected chi connectivity index (χ3v) is 4.10. The molecule has 0 amide bonds. The second-order valence-electron chi connectivity index (χ2n) is 5.70. The largest absolute Gasteiger partial charge is 0.394 e. The van der Waals surface area contributed by atoms with Gasteiger partial charge in [-0.1, -0.05) is 12.6 Å². The Kier molecular flexibility index (Phi) is 5.35. The predicted octanol–water partition coefficient (Wildman–Crippen LogP) is 2.06. The van der Waals surface area contributed by atoms with Crippen molar-refractivity contribution in [2.24, 2.45) is 7.05 Å². The van der Waals surface area contributed by atoms with Crippen LogP contribution in [-0.4, -0.2) is 44.8 Å². The van der Waals surface area contributed by atoms with Crippen LogP contribution in [0.5, 0.6) is 0 Å². The zero-order valence-electron chi connectivity index (χ0n) is 13.6. The van der Waals surface area contributed by atoms with Crippen LogP contribution >= 0.6 is 0 Å². The van der Waals surface area contributed by atoms with Crippen LogP contribution in [0.2, 0.25) is 0 Å². The van der Waals surface area contributed by atoms with Crippen LogP contribution in [0.15, 0.2) is 16.9 Å². The molecule has 0 radical (unpaired) electrons. The minimum Gasteiger partial charge on any atom is -0.394 e. The summed E-state index contributed by atoms with van der Waals surface area (Å²) in [4.78, 5) is 4.06. The molecule has 1 aliphatic heterocycles. The molecule has 1 saturated heterocycles. The number of aliphatic hydroxyl groups is 1. The van der Waals surface area contributed by atoms with Gasteiger partial charge in [-0.05, 0) is 6.07 Å². The van der Waals surface area contributed by atoms with Gasteiger partial charge < -0.3 is 24.4 Å². The van der Waals surface area contributed by atoms with Gasteiger partial charge >= 0.3 is 0 Å². The molecule has 0 aliphatic carbocycles. The van der Waals surface area contributed by atoms with E-state index in [0.717, 1.165) is 0 Å². The molecule has 9 nitrogen and oxygen atoms in total. The fraction of sp³-hybridized carbons (Fsp3) is 0.438. The Hall–Kier alpha value is -2.63. The lowest BCUT2D eigenvalue weighted by Gasteiger charge is -2.15. The Bertz CT molecular complexity index is 938. The van der Waals surface area contributed by atoms with E-state index in [1.54, 1.807) is 7.05 Å². The summed E-state index contributed by atoms with van der Waals surface area (Å²) in [5.74, 6) is -1.73. The lowest BCUT2D eigenvalue weighted by atomic mass is 10.1. The predicted molar refractivity (Wildman–Crippen MR) is 89.8 cm³/mol. The summed E-state index contributed by atoms with van der Waals surface area (Å²) >= 11 is 0. The molecule has 146 valence electrons. The van der Waals surface area contributed by atoms with Gasteiger partial charge in [-0.2, -0.15) is 9.49 Å². The van der Waals surface area contributed by atoms with Crippen molar-refractivity contribution in [2.45, 2.75) is 19.8 Å². The van der Waals surface area contributed by atoms with E-state index in [0.29, 0.717) is 5.82 Å². The van der Waals surface area contributed by atoms with Gasteiger partial charge in [-0.15, -0.1) is 0 Å². The second-order valence-corrected chi connectivity index (χ2v) is 5.70. The molecule has 3 heterocycles. The van der Waals surface area contributed by atoms with Gasteiger partial charge in [0.05, 0.1) is 25.2 Å². The maximum atomic E-state index is 14.4. The second kappa shape index (κ2) is 7.55. The number of hydrogen-bond donors (Lipinski definition) is 2. The number of aromatic nitrogens is 4. The first-order valence-corrected chi connectivity index (χ1v) is 7.82. The molecule has 1 fully saturated rings. The third kappa shape index (κ3) is 3.24. The minimum atomic E-state index is -1.18. The fourth-order valence-electron chi connectivity index (χ4n) is 2.83. The van der Waals surface area contributed by atoms with Crippen LogP contribution in [0.4, 0.5) is 14.6 Å². The minimum absolute atomic E-state index is 0. The molecule has 0 spiro atoms. The topological polar surface area (TPSA) is 107 Å². The average Bonchev–Trinajstić information content (AvgIpc) is 3.37. The van der Waals surface area contributed by atoms with E-state index in [9.17, 15) is 13.9 Å². The highest BCUT2D eigenvalue weighted by atomic mass is 19.2. The van der Waals surface area contributed by atoms with E-state index in [-0.39, 0.29) is 49.6 Å². The first kappa shape index (κ1) is 19.1. The van der Waals surface area contributed by atoms with Crippen molar-refractivity contribution in [3.05, 3.63) is 35.4 Å². The summed E-state index contributed by atoms with van der Waals surface area (Å²) in [6, 6.07) is 0.680. The molecular weight excluding hydrogens is 364 g/mol. The van der Waals surface area contributed by atoms with Crippen molar-refractivity contribution >= 4 is 16.8 Å². The van der Waals surface area contributed by atoms with Crippen LogP contribution in [-0.2, 0) is 16.5 Å². The highest BCUT2D eigenvalue weighted by Crippen LogP contribution is 2.35. The molecule has 11 heteroatoms. The molecule has 1 atom stereocenters. The summed E-state index contributed by atoms with van der Waals surface area (Å²) in [6.07, 6.45) is 0.340. The summed E-state index contributed by atoms with van der Waals surface area (Å²) in [5.41, 5.74) is -0.431. The third-order valence-electron chi connectivity index (χ3n) is 4.10. The number of nitrogens with one attached hydrogen (secondary N) is 1. The van der Waals surface area contributed by atoms with Crippen molar-refractivity contribution in [3.63, 3.8) is 0 Å². The van der Waals surface area contributed by atoms with Crippen molar-refractivity contribution in [1.29, 1.82) is 0 Å². The zero-order chi connectivity index (χ0) is 18.3. The van der Waals surface area contributed by atoms with Gasteiger partial charge in [0, 0.05) is 12.6 Å². The molecule has 1 aliphatic rings. The average molecular weight is 383 g/mol. The summed E-state index contributed by atoms with van der Waals surface area (Å²) in [5, 5.41) is 20.4. The highest BCUT2D eigenvalue weighted by Gasteiger charge is 2.29.